The van der Waals surface area contributed by atoms with Crippen molar-refractivity contribution in [3.05, 3.63) is 30.5 Å². The summed E-state index contributed by atoms with van der Waals surface area (Å²) in [5.41, 5.74) is 1.32. The number of carbonyl (C=O) groups is 2. The van der Waals surface area contributed by atoms with E-state index in [1.807, 2.05) is 0 Å². The molecule has 7 nitrogen and oxygen atoms in total. The molecule has 0 radical (unpaired) electrons. The summed E-state index contributed by atoms with van der Waals surface area (Å²) in [5, 5.41) is 6.34. The van der Waals surface area contributed by atoms with Gasteiger partial charge in [0.15, 0.2) is 0 Å². The number of halogens is 3. The SMILES string of the molecule is COc1ccc(-c2cnoc2NC(=O)C2CCN(C(=O)C(F)(F)F)CC2)cc1. The van der Waals surface area contributed by atoms with Crippen molar-refractivity contribution in [1.29, 1.82) is 0 Å². The topological polar surface area (TPSA) is 84.7 Å². The number of rotatable bonds is 4. The molecule has 0 atom stereocenters. The molecule has 1 fully saturated rings. The second-order valence-corrected chi connectivity index (χ2v) is 6.35. The molecule has 0 saturated carbocycles. The van der Waals surface area contributed by atoms with Crippen LogP contribution < -0.4 is 10.1 Å². The van der Waals surface area contributed by atoms with Gasteiger partial charge in [-0.1, -0.05) is 17.3 Å². The van der Waals surface area contributed by atoms with Gasteiger partial charge in [-0.3, -0.25) is 14.9 Å². The maximum absolute atomic E-state index is 12.5. The van der Waals surface area contributed by atoms with Gasteiger partial charge in [-0.05, 0) is 30.5 Å². The van der Waals surface area contributed by atoms with Gasteiger partial charge in [0.05, 0.1) is 18.9 Å². The molecule has 3 rings (SSSR count). The number of piperidine rings is 1. The van der Waals surface area contributed by atoms with E-state index < -0.39 is 18.0 Å². The molecule has 28 heavy (non-hydrogen) atoms. The van der Waals surface area contributed by atoms with Crippen LogP contribution >= 0.6 is 0 Å². The number of likely N-dealkylation sites (tertiary alicyclic amines) is 1. The molecule has 1 N–H and O–H groups in total. The van der Waals surface area contributed by atoms with Crippen molar-refractivity contribution in [1.82, 2.24) is 10.1 Å². The van der Waals surface area contributed by atoms with Gasteiger partial charge in [0.1, 0.15) is 5.75 Å². The molecule has 0 unspecified atom stereocenters. The number of hydrogen-bond donors (Lipinski definition) is 1. The van der Waals surface area contributed by atoms with Crippen LogP contribution in [0, 0.1) is 5.92 Å². The van der Waals surface area contributed by atoms with Gasteiger partial charge in [0, 0.05) is 19.0 Å². The maximum atomic E-state index is 12.5. The van der Waals surface area contributed by atoms with Crippen molar-refractivity contribution in [3.63, 3.8) is 0 Å². The van der Waals surface area contributed by atoms with E-state index >= 15 is 0 Å². The van der Waals surface area contributed by atoms with Gasteiger partial charge >= 0.3 is 12.1 Å². The Bertz CT molecular complexity index is 841. The second-order valence-electron chi connectivity index (χ2n) is 6.35. The molecule has 0 aliphatic carbocycles. The average molecular weight is 397 g/mol. The summed E-state index contributed by atoms with van der Waals surface area (Å²) >= 11 is 0. The Hall–Kier alpha value is -3.04. The predicted octanol–water partition coefficient (Wildman–Crippen LogP) is 3.09. The van der Waals surface area contributed by atoms with Crippen molar-refractivity contribution in [2.45, 2.75) is 19.0 Å². The van der Waals surface area contributed by atoms with Crippen LogP contribution in [-0.2, 0) is 9.59 Å². The molecular weight excluding hydrogens is 379 g/mol. The number of ether oxygens (including phenoxy) is 1. The Morgan fingerprint density at radius 2 is 1.86 bits per heavy atom. The highest BCUT2D eigenvalue weighted by Crippen LogP contribution is 2.30. The van der Waals surface area contributed by atoms with E-state index in [1.54, 1.807) is 31.4 Å². The molecule has 1 saturated heterocycles. The van der Waals surface area contributed by atoms with Crippen LogP contribution in [0.3, 0.4) is 0 Å². The molecule has 1 aliphatic heterocycles. The fourth-order valence-electron chi connectivity index (χ4n) is 3.04. The van der Waals surface area contributed by atoms with Gasteiger partial charge in [0.25, 0.3) is 0 Å². The minimum absolute atomic E-state index is 0.127. The number of aromatic nitrogens is 1. The number of amides is 2. The lowest BCUT2D eigenvalue weighted by Crippen LogP contribution is -2.46. The molecule has 2 amide bonds. The molecule has 0 bridgehead atoms. The Balaban J connectivity index is 1.62. The number of nitrogens with zero attached hydrogens (tertiary/aromatic N) is 2. The number of alkyl halides is 3. The third-order valence-corrected chi connectivity index (χ3v) is 4.60. The number of nitrogens with one attached hydrogen (secondary N) is 1. The predicted molar refractivity (Wildman–Crippen MR) is 92.5 cm³/mol. The van der Waals surface area contributed by atoms with E-state index in [0.717, 1.165) is 10.5 Å². The number of benzene rings is 1. The van der Waals surface area contributed by atoms with Gasteiger partial charge in [-0.25, -0.2) is 0 Å². The molecule has 2 heterocycles. The number of carbonyl (C=O) groups excluding carboxylic acids is 2. The van der Waals surface area contributed by atoms with Crippen molar-refractivity contribution >= 4 is 17.7 Å². The van der Waals surface area contributed by atoms with Crippen molar-refractivity contribution in [3.8, 4) is 16.9 Å². The highest BCUT2D eigenvalue weighted by Gasteiger charge is 2.43. The lowest BCUT2D eigenvalue weighted by molar-refractivity contribution is -0.186. The van der Waals surface area contributed by atoms with E-state index in [-0.39, 0.29) is 37.7 Å². The monoisotopic (exact) mass is 397 g/mol. The smallest absolute Gasteiger partial charge is 0.471 e. The first-order valence-electron chi connectivity index (χ1n) is 8.55. The molecule has 1 aliphatic rings. The molecule has 0 spiro atoms. The first-order valence-corrected chi connectivity index (χ1v) is 8.55. The molecular formula is C18H18F3N3O4. The highest BCUT2D eigenvalue weighted by atomic mass is 19.4. The molecule has 10 heteroatoms. The largest absolute Gasteiger partial charge is 0.497 e. The molecule has 150 valence electrons. The number of methoxy groups -OCH3 is 1. The van der Waals surface area contributed by atoms with E-state index in [0.29, 0.717) is 11.3 Å². The minimum atomic E-state index is -4.90. The summed E-state index contributed by atoms with van der Waals surface area (Å²) in [6.45, 7) is -0.254. The van der Waals surface area contributed by atoms with Gasteiger partial charge < -0.3 is 14.2 Å². The van der Waals surface area contributed by atoms with Crippen molar-refractivity contribution < 1.29 is 32.0 Å². The fraction of sp³-hybridized carbons (Fsp3) is 0.389. The molecule has 2 aromatic rings. The summed E-state index contributed by atoms with van der Waals surface area (Å²) in [6, 6.07) is 7.06. The van der Waals surface area contributed by atoms with E-state index in [9.17, 15) is 22.8 Å². The highest BCUT2D eigenvalue weighted by molar-refractivity contribution is 5.95. The third-order valence-electron chi connectivity index (χ3n) is 4.60. The Morgan fingerprint density at radius 3 is 2.43 bits per heavy atom. The van der Waals surface area contributed by atoms with E-state index in [2.05, 4.69) is 10.5 Å². The van der Waals surface area contributed by atoms with Crippen LogP contribution in [0.2, 0.25) is 0 Å². The van der Waals surface area contributed by atoms with Gasteiger partial charge in [0.2, 0.25) is 11.8 Å². The van der Waals surface area contributed by atoms with Crippen LogP contribution in [0.4, 0.5) is 19.1 Å². The first kappa shape index (κ1) is 19.7. The van der Waals surface area contributed by atoms with Gasteiger partial charge in [-0.2, -0.15) is 13.2 Å². The standard InChI is InChI=1S/C18H18F3N3O4/c1-27-13-4-2-11(3-5-13)14-10-22-28-16(14)23-15(25)12-6-8-24(9-7-12)17(26)18(19,20)21/h2-5,10,12H,6-9H2,1H3,(H,23,25). The normalized spacial score (nSPS) is 15.4. The average Bonchev–Trinajstić information content (AvgIpc) is 3.15. The molecule has 1 aromatic heterocycles. The first-order chi connectivity index (χ1) is 13.3. The lowest BCUT2D eigenvalue weighted by atomic mass is 9.95. The summed E-state index contributed by atoms with van der Waals surface area (Å²) in [5.74, 6) is -1.95. The zero-order valence-corrected chi connectivity index (χ0v) is 15.0. The maximum Gasteiger partial charge on any atom is 0.471 e. The number of hydrogen-bond acceptors (Lipinski definition) is 5. The number of anilines is 1. The van der Waals surface area contributed by atoms with E-state index in [1.165, 1.54) is 6.20 Å². The Kier molecular flexibility index (Phi) is 5.57. The van der Waals surface area contributed by atoms with Crippen molar-refractivity contribution in [2.75, 3.05) is 25.5 Å². The summed E-state index contributed by atoms with van der Waals surface area (Å²) in [4.78, 5) is 24.5. The molecule has 1 aromatic carbocycles. The lowest BCUT2D eigenvalue weighted by Gasteiger charge is -2.31. The Morgan fingerprint density at radius 1 is 1.21 bits per heavy atom. The Labute approximate surface area is 158 Å². The van der Waals surface area contributed by atoms with E-state index in [4.69, 9.17) is 9.26 Å². The third kappa shape index (κ3) is 4.26. The summed E-state index contributed by atoms with van der Waals surface area (Å²) < 4.78 is 47.7. The summed E-state index contributed by atoms with van der Waals surface area (Å²) in [7, 11) is 1.55. The zero-order chi connectivity index (χ0) is 20.3. The van der Waals surface area contributed by atoms with Crippen LogP contribution in [0.25, 0.3) is 11.1 Å². The quantitative estimate of drug-likeness (QED) is 0.857. The zero-order valence-electron chi connectivity index (χ0n) is 15.0. The summed E-state index contributed by atoms with van der Waals surface area (Å²) in [6.07, 6.45) is -3.16. The minimum Gasteiger partial charge on any atom is -0.497 e. The van der Waals surface area contributed by atoms with Crippen LogP contribution in [0.15, 0.2) is 35.0 Å². The fourth-order valence-corrected chi connectivity index (χ4v) is 3.04. The second kappa shape index (κ2) is 7.91. The van der Waals surface area contributed by atoms with Crippen LogP contribution in [0.5, 0.6) is 5.75 Å². The van der Waals surface area contributed by atoms with Gasteiger partial charge in [-0.15, -0.1) is 0 Å². The van der Waals surface area contributed by atoms with Crippen LogP contribution in [-0.4, -0.2) is 48.2 Å². The van der Waals surface area contributed by atoms with Crippen LogP contribution in [0.1, 0.15) is 12.8 Å². The van der Waals surface area contributed by atoms with Crippen molar-refractivity contribution in [2.24, 2.45) is 5.92 Å².